The molecule has 7 heteroatoms. The summed E-state index contributed by atoms with van der Waals surface area (Å²) in [6.07, 6.45) is 6.85. The number of hydrogen-bond acceptors (Lipinski definition) is 4. The molecule has 2 aliphatic rings. The van der Waals surface area contributed by atoms with Crippen molar-refractivity contribution < 1.29 is 8.42 Å². The van der Waals surface area contributed by atoms with E-state index in [-0.39, 0.29) is 12.1 Å². The van der Waals surface area contributed by atoms with Gasteiger partial charge in [-0.3, -0.25) is 0 Å². The summed E-state index contributed by atoms with van der Waals surface area (Å²) in [5.74, 6) is 0. The van der Waals surface area contributed by atoms with Crippen molar-refractivity contribution in [3.63, 3.8) is 0 Å². The molecular formula is C14H20ClN3O2S. The standard InChI is InChI=1S/C14H20ClN3O2S/c1-21(19,20)18-12-3-4-13(18)7-11(6-12)16-8-10-2-5-14(15)17-9-10/h2,5,9,11-13,16H,3-4,6-8H2,1H3. The lowest BCUT2D eigenvalue weighted by atomic mass is 9.99. The highest BCUT2D eigenvalue weighted by Crippen LogP contribution is 2.37. The Hall–Kier alpha value is -0.690. The van der Waals surface area contributed by atoms with Crippen molar-refractivity contribution in [3.8, 4) is 0 Å². The van der Waals surface area contributed by atoms with Crippen LogP contribution in [0.4, 0.5) is 0 Å². The van der Waals surface area contributed by atoms with Gasteiger partial charge in [0.25, 0.3) is 0 Å². The van der Waals surface area contributed by atoms with Crippen LogP contribution in [0.3, 0.4) is 0 Å². The van der Waals surface area contributed by atoms with E-state index in [1.54, 1.807) is 16.6 Å². The van der Waals surface area contributed by atoms with Crippen molar-refractivity contribution in [3.05, 3.63) is 29.0 Å². The SMILES string of the molecule is CS(=O)(=O)N1C2CCC1CC(NCc1ccc(Cl)nc1)C2. The van der Waals surface area contributed by atoms with E-state index in [2.05, 4.69) is 10.3 Å². The molecule has 3 heterocycles. The molecule has 1 aromatic rings. The predicted octanol–water partition coefficient (Wildman–Crippen LogP) is 1.78. The smallest absolute Gasteiger partial charge is 0.211 e. The van der Waals surface area contributed by atoms with Gasteiger partial charge in [-0.15, -0.1) is 0 Å². The van der Waals surface area contributed by atoms with E-state index in [0.29, 0.717) is 11.2 Å². The van der Waals surface area contributed by atoms with Gasteiger partial charge in [0, 0.05) is 30.9 Å². The lowest BCUT2D eigenvalue weighted by Crippen LogP contribution is -2.50. The summed E-state index contributed by atoms with van der Waals surface area (Å²) in [7, 11) is -3.08. The van der Waals surface area contributed by atoms with Crippen molar-refractivity contribution in [2.24, 2.45) is 0 Å². The minimum Gasteiger partial charge on any atom is -0.310 e. The summed E-state index contributed by atoms with van der Waals surface area (Å²) in [5, 5.41) is 4.02. The molecule has 1 aromatic heterocycles. The molecule has 0 amide bonds. The predicted molar refractivity (Wildman–Crippen MR) is 82.6 cm³/mol. The molecule has 0 aliphatic carbocycles. The van der Waals surface area contributed by atoms with E-state index < -0.39 is 10.0 Å². The Bertz CT molecular complexity index is 591. The first-order chi connectivity index (χ1) is 9.93. The van der Waals surface area contributed by atoms with Gasteiger partial charge >= 0.3 is 0 Å². The largest absolute Gasteiger partial charge is 0.310 e. The minimum absolute atomic E-state index is 0.166. The molecule has 0 spiro atoms. The van der Waals surface area contributed by atoms with E-state index in [4.69, 9.17) is 11.6 Å². The van der Waals surface area contributed by atoms with Crippen LogP contribution in [-0.4, -0.2) is 42.1 Å². The summed E-state index contributed by atoms with van der Waals surface area (Å²) < 4.78 is 25.4. The molecule has 0 aromatic carbocycles. The highest BCUT2D eigenvalue weighted by atomic mass is 35.5. The molecule has 116 valence electrons. The zero-order valence-corrected chi connectivity index (χ0v) is 13.6. The van der Waals surface area contributed by atoms with E-state index in [1.165, 1.54) is 6.26 Å². The normalized spacial score (nSPS) is 29.7. The van der Waals surface area contributed by atoms with E-state index in [1.807, 2.05) is 6.07 Å². The number of pyridine rings is 1. The van der Waals surface area contributed by atoms with Crippen LogP contribution in [0.1, 0.15) is 31.2 Å². The summed E-state index contributed by atoms with van der Waals surface area (Å²) in [6.45, 7) is 0.743. The Morgan fingerprint density at radius 1 is 1.33 bits per heavy atom. The lowest BCUT2D eigenvalue weighted by molar-refractivity contribution is 0.207. The number of nitrogens with zero attached hydrogens (tertiary/aromatic N) is 2. The lowest BCUT2D eigenvalue weighted by Gasteiger charge is -2.37. The van der Waals surface area contributed by atoms with Crippen LogP contribution in [-0.2, 0) is 16.6 Å². The maximum atomic E-state index is 11.8. The van der Waals surface area contributed by atoms with Gasteiger partial charge in [-0.25, -0.2) is 13.4 Å². The highest BCUT2D eigenvalue weighted by Gasteiger charge is 2.44. The van der Waals surface area contributed by atoms with Crippen molar-refractivity contribution in [1.82, 2.24) is 14.6 Å². The van der Waals surface area contributed by atoms with Gasteiger partial charge in [-0.05, 0) is 37.3 Å². The molecule has 5 nitrogen and oxygen atoms in total. The quantitative estimate of drug-likeness (QED) is 0.855. The number of rotatable bonds is 4. The zero-order valence-electron chi connectivity index (χ0n) is 12.0. The van der Waals surface area contributed by atoms with Crippen molar-refractivity contribution in [2.75, 3.05) is 6.26 Å². The van der Waals surface area contributed by atoms with Crippen LogP contribution in [0.25, 0.3) is 0 Å². The van der Waals surface area contributed by atoms with Crippen LogP contribution < -0.4 is 5.32 Å². The van der Waals surface area contributed by atoms with Crippen molar-refractivity contribution in [1.29, 1.82) is 0 Å². The number of fused-ring (bicyclic) bond motifs is 2. The average Bonchev–Trinajstić information content (AvgIpc) is 2.71. The third kappa shape index (κ3) is 3.39. The number of nitrogens with one attached hydrogen (secondary N) is 1. The molecule has 2 aliphatic heterocycles. The van der Waals surface area contributed by atoms with E-state index in [9.17, 15) is 8.42 Å². The van der Waals surface area contributed by atoms with Crippen LogP contribution in [0, 0.1) is 0 Å². The van der Waals surface area contributed by atoms with Gasteiger partial charge in [0.2, 0.25) is 10.0 Å². The highest BCUT2D eigenvalue weighted by molar-refractivity contribution is 7.88. The molecule has 2 saturated heterocycles. The third-order valence-corrected chi connectivity index (χ3v) is 6.02. The minimum atomic E-state index is -3.08. The molecule has 2 fully saturated rings. The number of hydrogen-bond donors (Lipinski definition) is 1. The van der Waals surface area contributed by atoms with Crippen LogP contribution in [0.5, 0.6) is 0 Å². The van der Waals surface area contributed by atoms with Gasteiger partial charge < -0.3 is 5.32 Å². The second-order valence-corrected chi connectivity index (χ2v) is 8.29. The molecule has 21 heavy (non-hydrogen) atoms. The molecular weight excluding hydrogens is 310 g/mol. The molecule has 2 bridgehead atoms. The maximum Gasteiger partial charge on any atom is 0.211 e. The summed E-state index contributed by atoms with van der Waals surface area (Å²) >= 11 is 5.77. The fourth-order valence-electron chi connectivity index (χ4n) is 3.62. The van der Waals surface area contributed by atoms with Gasteiger partial charge in [-0.1, -0.05) is 17.7 Å². The van der Waals surface area contributed by atoms with Crippen LogP contribution >= 0.6 is 11.6 Å². The first-order valence-electron chi connectivity index (χ1n) is 7.26. The summed E-state index contributed by atoms with van der Waals surface area (Å²) in [6, 6.07) is 4.45. The second-order valence-electron chi connectivity index (χ2n) is 6.02. The van der Waals surface area contributed by atoms with Crippen LogP contribution in [0.2, 0.25) is 5.15 Å². The number of aromatic nitrogens is 1. The van der Waals surface area contributed by atoms with Crippen molar-refractivity contribution >= 4 is 21.6 Å². The van der Waals surface area contributed by atoms with Gasteiger partial charge in [0.15, 0.2) is 0 Å². The molecule has 0 radical (unpaired) electrons. The van der Waals surface area contributed by atoms with E-state index in [0.717, 1.165) is 37.8 Å². The van der Waals surface area contributed by atoms with Gasteiger partial charge in [0.1, 0.15) is 5.15 Å². The van der Waals surface area contributed by atoms with E-state index >= 15 is 0 Å². The Morgan fingerprint density at radius 3 is 2.52 bits per heavy atom. The maximum absolute atomic E-state index is 11.8. The topological polar surface area (TPSA) is 62.3 Å². The first kappa shape index (κ1) is 15.2. The summed E-state index contributed by atoms with van der Waals surface area (Å²) in [4.78, 5) is 4.07. The summed E-state index contributed by atoms with van der Waals surface area (Å²) in [5.41, 5.74) is 1.09. The molecule has 3 rings (SSSR count). The van der Waals surface area contributed by atoms with Gasteiger partial charge in [-0.2, -0.15) is 4.31 Å². The fraction of sp³-hybridized carbons (Fsp3) is 0.643. The number of halogens is 1. The Morgan fingerprint density at radius 2 is 2.00 bits per heavy atom. The average molecular weight is 330 g/mol. The molecule has 2 atom stereocenters. The Kier molecular flexibility index (Phi) is 4.23. The number of sulfonamides is 1. The van der Waals surface area contributed by atoms with Crippen LogP contribution in [0.15, 0.2) is 18.3 Å². The zero-order chi connectivity index (χ0) is 15.0. The molecule has 1 N–H and O–H groups in total. The van der Waals surface area contributed by atoms with Crippen molar-refractivity contribution in [2.45, 2.75) is 50.4 Å². The third-order valence-electron chi connectivity index (χ3n) is 4.43. The first-order valence-corrected chi connectivity index (χ1v) is 9.48. The fourth-order valence-corrected chi connectivity index (χ4v) is 5.19. The Balaban J connectivity index is 1.59. The molecule has 2 unspecified atom stereocenters. The second kappa shape index (κ2) is 5.83. The number of piperidine rings is 1. The Labute approximate surface area is 130 Å². The monoisotopic (exact) mass is 329 g/mol. The van der Waals surface area contributed by atoms with Gasteiger partial charge in [0.05, 0.1) is 6.26 Å². The molecule has 0 saturated carbocycles.